The van der Waals surface area contributed by atoms with E-state index in [1.54, 1.807) is 0 Å². The number of carboxylic acids is 1. The van der Waals surface area contributed by atoms with Gasteiger partial charge in [-0.3, -0.25) is 9.10 Å². The van der Waals surface area contributed by atoms with Gasteiger partial charge in [-0.2, -0.15) is 13.2 Å². The summed E-state index contributed by atoms with van der Waals surface area (Å²) in [5.41, 5.74) is -1.31. The first-order valence-electron chi connectivity index (χ1n) is 10.6. The van der Waals surface area contributed by atoms with Crippen molar-refractivity contribution >= 4 is 33.3 Å². The summed E-state index contributed by atoms with van der Waals surface area (Å²) in [6, 6.07) is 8.13. The third-order valence-electron chi connectivity index (χ3n) is 5.58. The number of anilines is 1. The first kappa shape index (κ1) is 26.7. The highest BCUT2D eigenvalue weighted by Gasteiger charge is 2.37. The molecular weight excluding hydrogens is 545 g/mol. The molecule has 1 heterocycles. The second kappa shape index (κ2) is 9.82. The Kier molecular flexibility index (Phi) is 7.08. The van der Waals surface area contributed by atoms with E-state index in [0.717, 1.165) is 34.6 Å². The Morgan fingerprint density at radius 2 is 1.76 bits per heavy atom. The normalized spacial score (nSPS) is 15.7. The van der Waals surface area contributed by atoms with Crippen LogP contribution in [-0.2, 0) is 21.0 Å². The summed E-state index contributed by atoms with van der Waals surface area (Å²) in [6.07, 6.45) is -6.26. The predicted molar refractivity (Wildman–Crippen MR) is 124 cm³/mol. The monoisotopic (exact) mass is 561 g/mol. The molecule has 1 aliphatic heterocycles. The molecule has 3 aromatic rings. The van der Waals surface area contributed by atoms with Crippen LogP contribution in [0.2, 0.25) is 5.02 Å². The highest BCUT2D eigenvalue weighted by Crippen LogP contribution is 2.44. The Balaban J connectivity index is 1.87. The average Bonchev–Trinajstić information content (AvgIpc) is 2.80. The standard InChI is InChI=1S/C24H17ClF5NO5S/c25-20-11-22-21(10-19(20)13-6-15(26)9-16(27)7-13)31(12-17(36-22)4-5-23(32)33)37(34,35)18-3-1-2-14(8-18)24(28,29)30/h1-3,6-11,17H,4-5,12H2,(H,32,33)/t17-/m0/s1. The molecule has 6 nitrogen and oxygen atoms in total. The van der Waals surface area contributed by atoms with Gasteiger partial charge in [-0.15, -0.1) is 0 Å². The fourth-order valence-corrected chi connectivity index (χ4v) is 5.69. The Labute approximate surface area is 212 Å². The van der Waals surface area contributed by atoms with Crippen LogP contribution in [0, 0.1) is 11.6 Å². The zero-order valence-electron chi connectivity index (χ0n) is 18.6. The van der Waals surface area contributed by atoms with Gasteiger partial charge < -0.3 is 9.84 Å². The molecule has 1 atom stereocenters. The highest BCUT2D eigenvalue weighted by atomic mass is 35.5. The Morgan fingerprint density at radius 3 is 2.38 bits per heavy atom. The van der Waals surface area contributed by atoms with Gasteiger partial charge in [0, 0.05) is 24.1 Å². The summed E-state index contributed by atoms with van der Waals surface area (Å²) in [5, 5.41) is 8.97. The van der Waals surface area contributed by atoms with E-state index in [1.165, 1.54) is 12.1 Å². The van der Waals surface area contributed by atoms with E-state index < -0.39 is 56.9 Å². The van der Waals surface area contributed by atoms with E-state index in [1.807, 2.05) is 0 Å². The minimum absolute atomic E-state index is 0.0188. The predicted octanol–water partition coefficient (Wildman–Crippen LogP) is 6.13. The minimum Gasteiger partial charge on any atom is -0.486 e. The lowest BCUT2D eigenvalue weighted by Gasteiger charge is -2.36. The van der Waals surface area contributed by atoms with Crippen LogP contribution >= 0.6 is 11.6 Å². The van der Waals surface area contributed by atoms with Gasteiger partial charge in [0.1, 0.15) is 23.5 Å². The molecular formula is C24H17ClF5NO5S. The zero-order valence-corrected chi connectivity index (χ0v) is 20.2. The van der Waals surface area contributed by atoms with Gasteiger partial charge in [-0.25, -0.2) is 17.2 Å². The summed E-state index contributed by atoms with van der Waals surface area (Å²) in [6.45, 7) is -0.433. The molecule has 0 aliphatic carbocycles. The molecule has 4 rings (SSSR count). The van der Waals surface area contributed by atoms with Crippen LogP contribution in [0.1, 0.15) is 18.4 Å². The van der Waals surface area contributed by atoms with E-state index in [9.17, 15) is 35.2 Å². The molecule has 13 heteroatoms. The van der Waals surface area contributed by atoms with E-state index in [0.29, 0.717) is 12.1 Å². The van der Waals surface area contributed by atoms with Gasteiger partial charge in [-0.1, -0.05) is 17.7 Å². The van der Waals surface area contributed by atoms with Crippen LogP contribution in [0.5, 0.6) is 5.75 Å². The molecule has 0 unspecified atom stereocenters. The number of rotatable bonds is 6. The number of aliphatic carboxylic acids is 1. The Morgan fingerprint density at radius 1 is 1.08 bits per heavy atom. The number of alkyl halides is 3. The number of hydrogen-bond acceptors (Lipinski definition) is 4. The summed E-state index contributed by atoms with van der Waals surface area (Å²) in [4.78, 5) is 10.4. The quantitative estimate of drug-likeness (QED) is 0.366. The maximum Gasteiger partial charge on any atom is 0.416 e. The highest BCUT2D eigenvalue weighted by molar-refractivity contribution is 7.92. The van der Waals surface area contributed by atoms with Crippen molar-refractivity contribution in [3.05, 3.63) is 76.8 Å². The summed E-state index contributed by atoms with van der Waals surface area (Å²) in [5.74, 6) is -3.09. The van der Waals surface area contributed by atoms with Gasteiger partial charge in [0.2, 0.25) is 0 Å². The maximum atomic E-state index is 13.9. The zero-order chi connectivity index (χ0) is 27.1. The Hall–Kier alpha value is -3.38. The number of ether oxygens (including phenoxy) is 1. The third-order valence-corrected chi connectivity index (χ3v) is 7.67. The maximum absolute atomic E-state index is 13.9. The van der Waals surface area contributed by atoms with Crippen LogP contribution in [0.4, 0.5) is 27.6 Å². The van der Waals surface area contributed by atoms with Gasteiger partial charge in [-0.05, 0) is 48.4 Å². The fourth-order valence-electron chi connectivity index (χ4n) is 3.89. The molecule has 3 aromatic carbocycles. The lowest BCUT2D eigenvalue weighted by atomic mass is 10.0. The topological polar surface area (TPSA) is 83.9 Å². The van der Waals surface area contributed by atoms with Gasteiger partial charge >= 0.3 is 12.1 Å². The molecule has 0 fully saturated rings. The van der Waals surface area contributed by atoms with Crippen molar-refractivity contribution in [3.8, 4) is 16.9 Å². The molecule has 0 bridgehead atoms. The van der Waals surface area contributed by atoms with Crippen LogP contribution in [0.15, 0.2) is 59.5 Å². The SMILES string of the molecule is O=C(O)CC[C@H]1CN(S(=O)(=O)c2cccc(C(F)(F)F)c2)c2cc(-c3cc(F)cc(F)c3)c(Cl)cc2O1. The van der Waals surface area contributed by atoms with E-state index in [4.69, 9.17) is 21.4 Å². The number of benzene rings is 3. The molecule has 1 N–H and O–H groups in total. The second-order valence-corrected chi connectivity index (χ2v) is 10.5. The third kappa shape index (κ3) is 5.64. The van der Waals surface area contributed by atoms with Crippen LogP contribution in [0.25, 0.3) is 11.1 Å². The molecule has 37 heavy (non-hydrogen) atoms. The molecule has 0 saturated heterocycles. The molecule has 196 valence electrons. The molecule has 0 spiro atoms. The Bertz CT molecular complexity index is 1460. The van der Waals surface area contributed by atoms with E-state index >= 15 is 0 Å². The number of carboxylic acid groups (broad SMARTS) is 1. The van der Waals surface area contributed by atoms with Crippen molar-refractivity contribution in [2.24, 2.45) is 0 Å². The summed E-state index contributed by atoms with van der Waals surface area (Å²) < 4.78 is 101. The van der Waals surface area contributed by atoms with Crippen molar-refractivity contribution in [2.45, 2.75) is 30.0 Å². The molecule has 1 aliphatic rings. The van der Waals surface area contributed by atoms with Gasteiger partial charge in [0.05, 0.1) is 27.7 Å². The molecule has 0 radical (unpaired) electrons. The number of sulfonamides is 1. The van der Waals surface area contributed by atoms with Gasteiger partial charge in [0.15, 0.2) is 0 Å². The van der Waals surface area contributed by atoms with Crippen molar-refractivity contribution in [1.29, 1.82) is 0 Å². The summed E-state index contributed by atoms with van der Waals surface area (Å²) in [7, 11) is -4.64. The lowest BCUT2D eigenvalue weighted by Crippen LogP contribution is -2.43. The molecule has 0 amide bonds. The number of nitrogens with zero attached hydrogens (tertiary/aromatic N) is 1. The smallest absolute Gasteiger partial charge is 0.416 e. The van der Waals surface area contributed by atoms with E-state index in [2.05, 4.69) is 0 Å². The van der Waals surface area contributed by atoms with Crippen molar-refractivity contribution in [2.75, 3.05) is 10.8 Å². The first-order valence-corrected chi connectivity index (χ1v) is 12.5. The largest absolute Gasteiger partial charge is 0.486 e. The number of halogens is 6. The lowest BCUT2D eigenvalue weighted by molar-refractivity contribution is -0.138. The molecule has 0 aromatic heterocycles. The van der Waals surface area contributed by atoms with E-state index in [-0.39, 0.29) is 40.4 Å². The van der Waals surface area contributed by atoms with Crippen molar-refractivity contribution in [1.82, 2.24) is 0 Å². The van der Waals surface area contributed by atoms with Crippen LogP contribution < -0.4 is 9.04 Å². The average molecular weight is 562 g/mol. The van der Waals surface area contributed by atoms with Gasteiger partial charge in [0.25, 0.3) is 10.0 Å². The number of hydrogen-bond donors (Lipinski definition) is 1. The number of carbonyl (C=O) groups is 1. The van der Waals surface area contributed by atoms with Crippen molar-refractivity contribution < 1.29 is 45.0 Å². The summed E-state index contributed by atoms with van der Waals surface area (Å²) >= 11 is 6.31. The van der Waals surface area contributed by atoms with Crippen LogP contribution in [-0.4, -0.2) is 32.1 Å². The van der Waals surface area contributed by atoms with Crippen LogP contribution in [0.3, 0.4) is 0 Å². The number of fused-ring (bicyclic) bond motifs is 1. The second-order valence-electron chi connectivity index (χ2n) is 8.19. The fraction of sp³-hybridized carbons (Fsp3) is 0.208. The molecule has 0 saturated carbocycles. The first-order chi connectivity index (χ1) is 17.3. The van der Waals surface area contributed by atoms with Crippen molar-refractivity contribution in [3.63, 3.8) is 0 Å². The minimum atomic E-state index is -4.80.